The second-order valence-corrected chi connectivity index (χ2v) is 7.35. The lowest BCUT2D eigenvalue weighted by Gasteiger charge is -2.10. The van der Waals surface area contributed by atoms with Gasteiger partial charge in [0.1, 0.15) is 5.70 Å². The number of nitrogens with one attached hydrogen (secondary N) is 2. The van der Waals surface area contributed by atoms with Crippen molar-refractivity contribution >= 4 is 35.4 Å². The van der Waals surface area contributed by atoms with Crippen molar-refractivity contribution in [3.05, 3.63) is 81.7 Å². The van der Waals surface area contributed by atoms with Crippen molar-refractivity contribution in [1.29, 1.82) is 0 Å². The second-order valence-electron chi connectivity index (χ2n) is 6.37. The lowest BCUT2D eigenvalue weighted by atomic mass is 10.2. The van der Waals surface area contributed by atoms with E-state index in [9.17, 15) is 14.7 Å². The summed E-state index contributed by atoms with van der Waals surface area (Å²) >= 11 is 1.42. The van der Waals surface area contributed by atoms with Gasteiger partial charge in [0.15, 0.2) is 11.5 Å². The maximum atomic E-state index is 12.7. The van der Waals surface area contributed by atoms with Crippen LogP contribution in [0.4, 0.5) is 0 Å². The Kier molecular flexibility index (Phi) is 7.60. The minimum atomic E-state index is -0.600. The van der Waals surface area contributed by atoms with Crippen LogP contribution in [0.3, 0.4) is 0 Å². The molecule has 164 valence electrons. The highest BCUT2D eigenvalue weighted by Crippen LogP contribution is 2.36. The van der Waals surface area contributed by atoms with Crippen molar-refractivity contribution in [2.75, 3.05) is 14.2 Å². The molecule has 0 aliphatic carbocycles. The first-order valence-electron chi connectivity index (χ1n) is 9.41. The molecule has 2 amide bonds. The fourth-order valence-electron chi connectivity index (χ4n) is 2.67. The quantitative estimate of drug-likeness (QED) is 0.276. The van der Waals surface area contributed by atoms with Gasteiger partial charge < -0.3 is 19.9 Å². The molecule has 0 aliphatic rings. The first kappa shape index (κ1) is 22.6. The Bertz CT molecular complexity index is 1120. The van der Waals surface area contributed by atoms with Crippen molar-refractivity contribution in [2.24, 2.45) is 5.10 Å². The normalized spacial score (nSPS) is 11.2. The smallest absolute Gasteiger partial charge is 0.287 e. The number of aromatic hydroxyl groups is 1. The highest BCUT2D eigenvalue weighted by atomic mass is 32.1. The van der Waals surface area contributed by atoms with Crippen LogP contribution in [0.1, 0.15) is 20.8 Å². The number of thiophene rings is 1. The van der Waals surface area contributed by atoms with E-state index in [4.69, 9.17) is 9.47 Å². The number of hydrogen-bond acceptors (Lipinski definition) is 7. The van der Waals surface area contributed by atoms with Crippen molar-refractivity contribution in [3.63, 3.8) is 0 Å². The molecule has 3 aromatic rings. The molecule has 1 aromatic heterocycles. The number of phenolic OH excluding ortho intramolecular Hbond substituents is 1. The monoisotopic (exact) mass is 451 g/mol. The summed E-state index contributed by atoms with van der Waals surface area (Å²) in [5.74, 6) is -0.755. The number of carbonyl (C=O) groups excluding carboxylic acids is 2. The van der Waals surface area contributed by atoms with Crippen LogP contribution in [-0.4, -0.2) is 37.4 Å². The summed E-state index contributed by atoms with van der Waals surface area (Å²) in [7, 11) is 2.82. The highest BCUT2D eigenvalue weighted by Gasteiger charge is 2.15. The first-order chi connectivity index (χ1) is 15.5. The lowest BCUT2D eigenvalue weighted by Crippen LogP contribution is -2.32. The summed E-state index contributed by atoms with van der Waals surface area (Å²) in [5, 5.41) is 18.4. The largest absolute Gasteiger partial charge is 0.502 e. The second kappa shape index (κ2) is 10.8. The molecule has 0 unspecified atom stereocenters. The summed E-state index contributed by atoms with van der Waals surface area (Å²) in [6.07, 6.45) is 2.94. The zero-order chi connectivity index (χ0) is 22.9. The van der Waals surface area contributed by atoms with Gasteiger partial charge in [-0.15, -0.1) is 11.3 Å². The number of phenols is 1. The van der Waals surface area contributed by atoms with Crippen molar-refractivity contribution in [3.8, 4) is 17.2 Å². The highest BCUT2D eigenvalue weighted by molar-refractivity contribution is 7.10. The molecule has 3 N–H and O–H groups in total. The van der Waals surface area contributed by atoms with Crippen molar-refractivity contribution in [1.82, 2.24) is 10.7 Å². The Morgan fingerprint density at radius 3 is 2.31 bits per heavy atom. The van der Waals surface area contributed by atoms with Gasteiger partial charge in [0.25, 0.3) is 11.8 Å². The van der Waals surface area contributed by atoms with Crippen LogP contribution >= 0.6 is 11.3 Å². The van der Waals surface area contributed by atoms with E-state index in [1.54, 1.807) is 36.4 Å². The minimum absolute atomic E-state index is 0.0410. The van der Waals surface area contributed by atoms with E-state index >= 15 is 0 Å². The van der Waals surface area contributed by atoms with Gasteiger partial charge >= 0.3 is 0 Å². The van der Waals surface area contributed by atoms with Gasteiger partial charge in [0, 0.05) is 16.0 Å². The van der Waals surface area contributed by atoms with Gasteiger partial charge in [-0.25, -0.2) is 5.43 Å². The third kappa shape index (κ3) is 5.73. The van der Waals surface area contributed by atoms with Gasteiger partial charge in [-0.05, 0) is 41.8 Å². The van der Waals surface area contributed by atoms with E-state index < -0.39 is 11.8 Å². The molecule has 0 saturated heterocycles. The minimum Gasteiger partial charge on any atom is -0.502 e. The third-order valence-corrected chi connectivity index (χ3v) is 5.06. The first-order valence-corrected chi connectivity index (χ1v) is 10.3. The van der Waals surface area contributed by atoms with Gasteiger partial charge in [-0.2, -0.15) is 5.10 Å². The van der Waals surface area contributed by atoms with Crippen LogP contribution in [0, 0.1) is 0 Å². The molecule has 0 atom stereocenters. The van der Waals surface area contributed by atoms with Crippen LogP contribution in [0.2, 0.25) is 0 Å². The lowest BCUT2D eigenvalue weighted by molar-refractivity contribution is -0.117. The number of ether oxygens (including phenoxy) is 2. The molecule has 0 aliphatic heterocycles. The molecule has 0 saturated carbocycles. The summed E-state index contributed by atoms with van der Waals surface area (Å²) in [4.78, 5) is 26.1. The Morgan fingerprint density at radius 2 is 1.72 bits per heavy atom. The molecule has 0 spiro atoms. The topological polar surface area (TPSA) is 109 Å². The van der Waals surface area contributed by atoms with Crippen molar-refractivity contribution < 1.29 is 24.2 Å². The van der Waals surface area contributed by atoms with E-state index in [2.05, 4.69) is 15.8 Å². The molecule has 0 fully saturated rings. The fraction of sp³-hybridized carbons (Fsp3) is 0.0870. The van der Waals surface area contributed by atoms with Crippen LogP contribution in [0.5, 0.6) is 17.2 Å². The van der Waals surface area contributed by atoms with E-state index in [0.29, 0.717) is 11.1 Å². The zero-order valence-corrected chi connectivity index (χ0v) is 18.2. The van der Waals surface area contributed by atoms with E-state index in [-0.39, 0.29) is 22.9 Å². The van der Waals surface area contributed by atoms with Crippen LogP contribution < -0.4 is 20.2 Å². The Labute approximate surface area is 188 Å². The molecule has 8 nitrogen and oxygen atoms in total. The van der Waals surface area contributed by atoms with Crippen LogP contribution in [-0.2, 0) is 4.79 Å². The molecular formula is C23H21N3O5S. The number of amides is 2. The number of rotatable bonds is 8. The van der Waals surface area contributed by atoms with E-state index in [1.807, 2.05) is 17.5 Å². The molecule has 0 bridgehead atoms. The number of benzene rings is 2. The maximum absolute atomic E-state index is 12.7. The van der Waals surface area contributed by atoms with E-state index in [1.165, 1.54) is 43.9 Å². The Balaban J connectivity index is 1.78. The average molecular weight is 452 g/mol. The molecule has 1 heterocycles. The SMILES string of the molecule is COc1cc(/C=N/NC(=O)/C(=C\c2cccs2)NC(=O)c2ccccc2)cc(OC)c1O. The number of methoxy groups -OCH3 is 2. The van der Waals surface area contributed by atoms with Crippen LogP contribution in [0.15, 0.2) is 70.8 Å². The number of hydrazone groups is 1. The Hall–Kier alpha value is -4.11. The van der Waals surface area contributed by atoms with E-state index in [0.717, 1.165) is 4.88 Å². The number of hydrogen-bond donors (Lipinski definition) is 3. The summed E-state index contributed by atoms with van der Waals surface area (Å²) in [6, 6.07) is 15.3. The van der Waals surface area contributed by atoms with Crippen molar-refractivity contribution in [2.45, 2.75) is 0 Å². The zero-order valence-electron chi connectivity index (χ0n) is 17.4. The number of nitrogens with zero attached hydrogens (tertiary/aromatic N) is 1. The average Bonchev–Trinajstić information content (AvgIpc) is 3.33. The molecule has 9 heteroatoms. The fourth-order valence-corrected chi connectivity index (χ4v) is 3.33. The van der Waals surface area contributed by atoms with Crippen LogP contribution in [0.25, 0.3) is 6.08 Å². The Morgan fingerprint density at radius 1 is 1.03 bits per heavy atom. The summed E-state index contributed by atoms with van der Waals surface area (Å²) in [5.41, 5.74) is 3.38. The van der Waals surface area contributed by atoms with Gasteiger partial charge in [0.2, 0.25) is 5.75 Å². The van der Waals surface area contributed by atoms with Gasteiger partial charge in [-0.3, -0.25) is 9.59 Å². The predicted octanol–water partition coefficient (Wildman–Crippen LogP) is 3.39. The predicted molar refractivity (Wildman–Crippen MR) is 123 cm³/mol. The molecular weight excluding hydrogens is 430 g/mol. The summed E-state index contributed by atoms with van der Waals surface area (Å²) < 4.78 is 10.2. The number of carbonyl (C=O) groups is 2. The summed E-state index contributed by atoms with van der Waals surface area (Å²) in [6.45, 7) is 0. The van der Waals surface area contributed by atoms with Gasteiger partial charge in [-0.1, -0.05) is 24.3 Å². The molecule has 2 aromatic carbocycles. The molecule has 32 heavy (non-hydrogen) atoms. The molecule has 0 radical (unpaired) electrons. The maximum Gasteiger partial charge on any atom is 0.287 e. The third-order valence-electron chi connectivity index (χ3n) is 4.24. The standard InChI is InChI=1S/C23H21N3O5S/c1-30-19-11-15(12-20(31-2)21(19)27)14-24-26-23(29)18(13-17-9-6-10-32-17)25-22(28)16-7-4-3-5-8-16/h3-14,27H,1-2H3,(H,25,28)(H,26,29)/b18-13+,24-14+. The molecule has 3 rings (SSSR count). The van der Waals surface area contributed by atoms with Gasteiger partial charge in [0.05, 0.1) is 20.4 Å².